The second-order valence-corrected chi connectivity index (χ2v) is 12.8. The summed E-state index contributed by atoms with van der Waals surface area (Å²) in [5.74, 6) is 1.80. The van der Waals surface area contributed by atoms with Gasteiger partial charge in [0.2, 0.25) is 0 Å². The van der Waals surface area contributed by atoms with Crippen LogP contribution in [0.4, 0.5) is 13.2 Å². The van der Waals surface area contributed by atoms with Crippen molar-refractivity contribution in [1.82, 2.24) is 41.5 Å². The third-order valence-corrected chi connectivity index (χ3v) is 10.3. The lowest BCUT2D eigenvalue weighted by molar-refractivity contribution is -0.158. The van der Waals surface area contributed by atoms with E-state index in [1.807, 2.05) is 14.0 Å². The van der Waals surface area contributed by atoms with Crippen LogP contribution in [0.5, 0.6) is 0 Å². The highest BCUT2D eigenvalue weighted by Crippen LogP contribution is 2.40. The molecule has 6 fully saturated rings. The van der Waals surface area contributed by atoms with Gasteiger partial charge in [-0.3, -0.25) is 21.4 Å². The van der Waals surface area contributed by atoms with Crippen LogP contribution in [-0.2, 0) is 9.47 Å². The van der Waals surface area contributed by atoms with Crippen LogP contribution in [0.1, 0.15) is 51.9 Å². The Labute approximate surface area is 241 Å². The highest BCUT2D eigenvalue weighted by molar-refractivity contribution is 5.80. The number of guanidine groups is 1. The number of halogens is 3. The van der Waals surface area contributed by atoms with Crippen LogP contribution in [0.2, 0.25) is 0 Å². The van der Waals surface area contributed by atoms with Crippen molar-refractivity contribution in [2.45, 2.75) is 107 Å². The number of alkyl halides is 3. The summed E-state index contributed by atoms with van der Waals surface area (Å²) in [6, 6.07) is -1.01. The normalized spacial score (nSPS) is 42.6. The number of nitrogens with zero attached hydrogens (tertiary/aromatic N) is 3. The van der Waals surface area contributed by atoms with Gasteiger partial charge in [-0.2, -0.15) is 13.2 Å². The largest absolute Gasteiger partial charge is 0.405 e. The first kappa shape index (κ1) is 29.8. The summed E-state index contributed by atoms with van der Waals surface area (Å²) < 4.78 is 52.0. The van der Waals surface area contributed by atoms with Gasteiger partial charge in [0.25, 0.3) is 0 Å². The molecule has 8 atom stereocenters. The molecule has 2 saturated carbocycles. The van der Waals surface area contributed by atoms with Crippen molar-refractivity contribution < 1.29 is 22.6 Å². The van der Waals surface area contributed by atoms with Crippen molar-refractivity contribution >= 4 is 5.96 Å². The Morgan fingerprint density at radius 3 is 2.46 bits per heavy atom. The quantitative estimate of drug-likeness (QED) is 0.246. The molecule has 6 N–H and O–H groups in total. The Morgan fingerprint density at radius 2 is 1.80 bits per heavy atom. The fraction of sp³-hybridized carbons (Fsp3) is 0.963. The third kappa shape index (κ3) is 5.95. The number of rotatable bonds is 8. The van der Waals surface area contributed by atoms with E-state index in [-0.39, 0.29) is 43.0 Å². The zero-order chi connectivity index (χ0) is 28.9. The molecule has 234 valence electrons. The number of fused-ring (bicyclic) bond motifs is 1. The fourth-order valence-corrected chi connectivity index (χ4v) is 8.00. The predicted molar refractivity (Wildman–Crippen MR) is 147 cm³/mol. The van der Waals surface area contributed by atoms with Gasteiger partial charge in [0.15, 0.2) is 5.96 Å². The van der Waals surface area contributed by atoms with Crippen LogP contribution in [0.25, 0.3) is 0 Å². The molecule has 4 heterocycles. The lowest BCUT2D eigenvalue weighted by atomic mass is 9.85. The van der Waals surface area contributed by atoms with Crippen LogP contribution >= 0.6 is 0 Å². The molecule has 0 spiro atoms. The number of hydrazine groups is 1. The first-order valence-electron chi connectivity index (χ1n) is 15.5. The Balaban J connectivity index is 1.08. The molecule has 0 radical (unpaired) electrons. The third-order valence-electron chi connectivity index (χ3n) is 10.3. The van der Waals surface area contributed by atoms with Gasteiger partial charge in [0.1, 0.15) is 24.7 Å². The van der Waals surface area contributed by atoms with E-state index in [1.165, 1.54) is 12.8 Å². The summed E-state index contributed by atoms with van der Waals surface area (Å²) in [7, 11) is 3.77. The molecular formula is C27H48F3N9O2. The van der Waals surface area contributed by atoms with Crippen molar-refractivity contribution in [3.8, 4) is 0 Å². The topological polar surface area (TPSA) is 112 Å². The lowest BCUT2D eigenvalue weighted by Gasteiger charge is -2.48. The van der Waals surface area contributed by atoms with Crippen molar-refractivity contribution in [2.75, 3.05) is 40.5 Å². The molecule has 6 aliphatic rings. The minimum Gasteiger partial charge on any atom is -0.366 e. The predicted octanol–water partition coefficient (Wildman–Crippen LogP) is 0.962. The SMILES string of the molecule is CCOC1CC(C(F)(F)F)NN1C1CCC(CN2C(=N)N(C)C3CNC(C4C(OC)NCNC4C4CC4)NC32)CC1. The van der Waals surface area contributed by atoms with E-state index in [0.717, 1.165) is 45.4 Å². The Kier molecular flexibility index (Phi) is 8.74. The summed E-state index contributed by atoms with van der Waals surface area (Å²) in [5.41, 5.74) is 2.73. The molecule has 4 saturated heterocycles. The van der Waals surface area contributed by atoms with Crippen LogP contribution < -0.4 is 26.7 Å². The number of methoxy groups -OCH3 is 1. The maximum atomic E-state index is 13.5. The van der Waals surface area contributed by atoms with Crippen LogP contribution in [0.15, 0.2) is 0 Å². The van der Waals surface area contributed by atoms with Gasteiger partial charge >= 0.3 is 6.18 Å². The highest BCUT2D eigenvalue weighted by Gasteiger charge is 2.53. The minimum absolute atomic E-state index is 0.0154. The van der Waals surface area contributed by atoms with Crippen LogP contribution in [0.3, 0.4) is 0 Å². The number of ether oxygens (including phenoxy) is 2. The first-order chi connectivity index (χ1) is 19.7. The Morgan fingerprint density at radius 1 is 1.05 bits per heavy atom. The van der Waals surface area contributed by atoms with Crippen molar-refractivity contribution in [3.63, 3.8) is 0 Å². The van der Waals surface area contributed by atoms with Crippen LogP contribution in [-0.4, -0.2) is 116 Å². The van der Waals surface area contributed by atoms with Gasteiger partial charge < -0.3 is 24.6 Å². The monoisotopic (exact) mass is 587 g/mol. The number of hydrogen-bond acceptors (Lipinski definition) is 9. The average Bonchev–Trinajstić information content (AvgIpc) is 3.68. The molecule has 6 rings (SSSR count). The second-order valence-electron chi connectivity index (χ2n) is 12.8. The maximum Gasteiger partial charge on any atom is 0.405 e. The summed E-state index contributed by atoms with van der Waals surface area (Å²) in [6.45, 7) is 4.51. The molecule has 0 aromatic rings. The van der Waals surface area contributed by atoms with Gasteiger partial charge in [-0.25, -0.2) is 10.4 Å². The molecule has 0 bridgehead atoms. The molecule has 0 aromatic heterocycles. The highest BCUT2D eigenvalue weighted by atomic mass is 19.4. The molecule has 41 heavy (non-hydrogen) atoms. The molecule has 14 heteroatoms. The van der Waals surface area contributed by atoms with Crippen molar-refractivity contribution in [1.29, 1.82) is 5.41 Å². The maximum absolute atomic E-state index is 13.5. The molecule has 2 aliphatic carbocycles. The zero-order valence-corrected chi connectivity index (χ0v) is 24.4. The summed E-state index contributed by atoms with van der Waals surface area (Å²) in [5, 5.41) is 25.5. The Hall–Kier alpha value is -1.26. The van der Waals surface area contributed by atoms with E-state index < -0.39 is 18.4 Å². The molecule has 11 nitrogen and oxygen atoms in total. The van der Waals surface area contributed by atoms with Gasteiger partial charge in [-0.15, -0.1) is 0 Å². The summed E-state index contributed by atoms with van der Waals surface area (Å²) in [4.78, 5) is 4.28. The minimum atomic E-state index is -4.29. The molecule has 0 aromatic carbocycles. The molecule has 8 unspecified atom stereocenters. The molecular weight excluding hydrogens is 539 g/mol. The van der Waals surface area contributed by atoms with Crippen molar-refractivity contribution in [2.24, 2.45) is 17.8 Å². The standard InChI is InChI=1S/C27H48F3N9O2/c1-4-41-20-11-19(27(28,29)30)36-39(20)17-9-5-15(6-10-17)13-38-24-18(37(2)26(38)31)12-32-23(35-24)21-22(16-7-8-16)33-14-34-25(21)40-3/h15-25,31-36H,4-14H2,1-3H3. The Bertz CT molecular complexity index is 919. The van der Waals surface area contributed by atoms with E-state index >= 15 is 0 Å². The van der Waals surface area contributed by atoms with E-state index in [4.69, 9.17) is 14.9 Å². The lowest BCUT2D eigenvalue weighted by Crippen LogP contribution is -2.73. The molecule has 4 aliphatic heterocycles. The first-order valence-corrected chi connectivity index (χ1v) is 15.5. The fourth-order valence-electron chi connectivity index (χ4n) is 8.00. The van der Waals surface area contributed by atoms with Crippen LogP contribution in [0, 0.1) is 23.2 Å². The van der Waals surface area contributed by atoms with Gasteiger partial charge in [-0.1, -0.05) is 0 Å². The zero-order valence-electron chi connectivity index (χ0n) is 24.4. The van der Waals surface area contributed by atoms with E-state index in [0.29, 0.717) is 30.4 Å². The number of likely N-dealkylation sites (N-methyl/N-ethyl adjacent to an activating group) is 1. The average molecular weight is 588 g/mol. The van der Waals surface area contributed by atoms with Gasteiger partial charge in [-0.05, 0) is 57.3 Å². The van der Waals surface area contributed by atoms with Gasteiger partial charge in [0.05, 0.1) is 12.2 Å². The summed E-state index contributed by atoms with van der Waals surface area (Å²) in [6.07, 6.45) is 1.05. The molecule has 0 amide bonds. The smallest absolute Gasteiger partial charge is 0.366 e. The van der Waals surface area contributed by atoms with E-state index in [1.54, 1.807) is 12.1 Å². The number of hydrogen-bond donors (Lipinski definition) is 6. The van der Waals surface area contributed by atoms with E-state index in [9.17, 15) is 13.2 Å². The number of nitrogens with one attached hydrogen (secondary N) is 6. The van der Waals surface area contributed by atoms with Crippen molar-refractivity contribution in [3.05, 3.63) is 0 Å². The van der Waals surface area contributed by atoms with Gasteiger partial charge in [0, 0.05) is 64.9 Å². The van der Waals surface area contributed by atoms with E-state index in [2.05, 4.69) is 36.5 Å². The second kappa shape index (κ2) is 12.0. The summed E-state index contributed by atoms with van der Waals surface area (Å²) >= 11 is 0.